The van der Waals surface area contributed by atoms with Gasteiger partial charge in [-0.05, 0) is 78.7 Å². The van der Waals surface area contributed by atoms with Crippen LogP contribution in [0, 0.1) is 0 Å². The average Bonchev–Trinajstić information content (AvgIpc) is 3.99. The third kappa shape index (κ3) is 9.46. The highest BCUT2D eigenvalue weighted by Gasteiger charge is 2.40. The summed E-state index contributed by atoms with van der Waals surface area (Å²) < 4.78 is 18.7. The Hall–Kier alpha value is -4.91. The Kier molecular flexibility index (Phi) is 12.4. The third-order valence-electron chi connectivity index (χ3n) is 11.8. The first-order valence-electron chi connectivity index (χ1n) is 20.4. The Balaban J connectivity index is 0.945. The Morgan fingerprint density at radius 2 is 1.53 bits per heavy atom. The number of nitrogens with zero attached hydrogens (tertiary/aromatic N) is 3. The lowest BCUT2D eigenvalue weighted by Crippen LogP contribution is -2.45. The van der Waals surface area contributed by atoms with Gasteiger partial charge in [0.15, 0.2) is 6.29 Å². The highest BCUT2D eigenvalue weighted by atomic mass is 16.7. The molecule has 11 nitrogen and oxygen atoms in total. The second kappa shape index (κ2) is 18.1. The molecule has 0 saturated carbocycles. The number of carbonyl (C=O) groups excluding carboxylic acids is 3. The number of nitrogens with one attached hydrogen (secondary N) is 1. The first-order valence-corrected chi connectivity index (χ1v) is 20.4. The van der Waals surface area contributed by atoms with Gasteiger partial charge >= 0.3 is 6.09 Å². The number of hydrogen-bond donors (Lipinski definition) is 2. The molecule has 0 aromatic heterocycles. The normalized spacial score (nSPS) is 24.3. The Labute approximate surface area is 334 Å². The lowest BCUT2D eigenvalue weighted by Gasteiger charge is -2.39. The number of likely N-dealkylation sites (tertiary alicyclic amines) is 3. The monoisotopic (exact) mass is 772 g/mol. The van der Waals surface area contributed by atoms with E-state index in [1.54, 1.807) is 0 Å². The molecule has 3 amide bonds. The second-order valence-electron chi connectivity index (χ2n) is 15.7. The van der Waals surface area contributed by atoms with E-state index < -0.39 is 24.3 Å². The summed E-state index contributed by atoms with van der Waals surface area (Å²) in [6.45, 7) is 5.61. The van der Waals surface area contributed by atoms with Crippen molar-refractivity contribution in [1.29, 1.82) is 0 Å². The molecule has 2 N–H and O–H groups in total. The number of rotatable bonds is 13. The van der Waals surface area contributed by atoms with Crippen molar-refractivity contribution in [2.75, 3.05) is 32.7 Å². The standard InChI is InChI=1S/C46H52N4O7/c51-30-32-14-16-35(17-15-32)42-25-39(29-49-24-8-12-38(49)28-48-22-6-7-23-48)56-45(57-42)36-20-18-34(19-21-36)40-13-5-4-11-37(40)27-50-43(52)26-41(44(50)53)47-46(54)55-31-33-9-2-1-3-10-33/h1-5,9-11,13-21,38-39,41-42,45,51H,6-8,12,22-31H2,(H,47,54)/t38-,39-,41?,42+,45+/m0/s1. The van der Waals surface area contributed by atoms with Crippen LogP contribution in [0.15, 0.2) is 103 Å². The van der Waals surface area contributed by atoms with Crippen molar-refractivity contribution < 1.29 is 33.7 Å². The number of alkyl carbamates (subject to hydrolysis) is 1. The van der Waals surface area contributed by atoms with Crippen molar-refractivity contribution in [1.82, 2.24) is 20.0 Å². The highest BCUT2D eigenvalue weighted by Crippen LogP contribution is 2.39. The van der Waals surface area contributed by atoms with E-state index >= 15 is 0 Å². The van der Waals surface area contributed by atoms with Gasteiger partial charge in [-0.2, -0.15) is 0 Å². The molecule has 4 aromatic carbocycles. The summed E-state index contributed by atoms with van der Waals surface area (Å²) in [4.78, 5) is 45.4. The maximum atomic E-state index is 13.4. The minimum Gasteiger partial charge on any atom is -0.445 e. The highest BCUT2D eigenvalue weighted by molar-refractivity contribution is 6.06. The number of benzene rings is 4. The Morgan fingerprint density at radius 3 is 2.30 bits per heavy atom. The van der Waals surface area contributed by atoms with Crippen molar-refractivity contribution in [3.8, 4) is 11.1 Å². The minimum atomic E-state index is -0.982. The molecule has 0 aliphatic carbocycles. The summed E-state index contributed by atoms with van der Waals surface area (Å²) in [5, 5.41) is 12.2. The first-order chi connectivity index (χ1) is 27.9. The second-order valence-corrected chi connectivity index (χ2v) is 15.7. The number of hydrogen-bond acceptors (Lipinski definition) is 9. The number of amides is 3. The predicted molar refractivity (Wildman–Crippen MR) is 214 cm³/mol. The fourth-order valence-electron chi connectivity index (χ4n) is 8.70. The van der Waals surface area contributed by atoms with E-state index in [1.165, 1.54) is 43.7 Å². The molecular formula is C46H52N4O7. The van der Waals surface area contributed by atoms with E-state index in [2.05, 4.69) is 15.1 Å². The van der Waals surface area contributed by atoms with E-state index in [1.807, 2.05) is 103 Å². The summed E-state index contributed by atoms with van der Waals surface area (Å²) >= 11 is 0. The van der Waals surface area contributed by atoms with Crippen molar-refractivity contribution in [3.05, 3.63) is 131 Å². The lowest BCUT2D eigenvalue weighted by atomic mass is 9.97. The summed E-state index contributed by atoms with van der Waals surface area (Å²) in [7, 11) is 0. The molecule has 4 aliphatic rings. The zero-order chi connectivity index (χ0) is 39.1. The van der Waals surface area contributed by atoms with Gasteiger partial charge in [-0.25, -0.2) is 4.79 Å². The van der Waals surface area contributed by atoms with Crippen molar-refractivity contribution >= 4 is 17.9 Å². The molecule has 8 rings (SSSR count). The largest absolute Gasteiger partial charge is 0.445 e. The van der Waals surface area contributed by atoms with Gasteiger partial charge in [0, 0.05) is 31.1 Å². The average molecular weight is 773 g/mol. The summed E-state index contributed by atoms with van der Waals surface area (Å²) in [5.41, 5.74) is 6.30. The van der Waals surface area contributed by atoms with Gasteiger partial charge in [0.25, 0.3) is 5.91 Å². The molecule has 0 bridgehead atoms. The number of aliphatic hydroxyl groups is 1. The van der Waals surface area contributed by atoms with Crippen LogP contribution in [0.25, 0.3) is 11.1 Å². The smallest absolute Gasteiger partial charge is 0.408 e. The van der Waals surface area contributed by atoms with E-state index in [-0.39, 0.29) is 44.3 Å². The Morgan fingerprint density at radius 1 is 0.789 bits per heavy atom. The molecule has 4 saturated heterocycles. The van der Waals surface area contributed by atoms with Gasteiger partial charge in [-0.1, -0.05) is 103 Å². The molecule has 11 heteroatoms. The molecule has 4 heterocycles. The first kappa shape index (κ1) is 38.9. The van der Waals surface area contributed by atoms with Crippen LogP contribution in [0.1, 0.15) is 78.7 Å². The molecule has 4 fully saturated rings. The third-order valence-corrected chi connectivity index (χ3v) is 11.8. The van der Waals surface area contributed by atoms with Gasteiger partial charge in [0.05, 0.1) is 31.8 Å². The number of ether oxygens (including phenoxy) is 3. The van der Waals surface area contributed by atoms with Crippen LogP contribution < -0.4 is 5.32 Å². The molecular weight excluding hydrogens is 721 g/mol. The van der Waals surface area contributed by atoms with E-state index in [4.69, 9.17) is 14.2 Å². The topological polar surface area (TPSA) is 121 Å². The Bertz CT molecular complexity index is 1990. The van der Waals surface area contributed by atoms with Gasteiger partial charge < -0.3 is 29.5 Å². The van der Waals surface area contributed by atoms with Crippen LogP contribution in [0.3, 0.4) is 0 Å². The van der Waals surface area contributed by atoms with Crippen LogP contribution in [0.5, 0.6) is 0 Å². The van der Waals surface area contributed by atoms with Gasteiger partial charge in [-0.15, -0.1) is 0 Å². The molecule has 0 spiro atoms. The minimum absolute atomic E-state index is 0.00259. The van der Waals surface area contributed by atoms with Gasteiger partial charge in [-0.3, -0.25) is 19.4 Å². The SMILES string of the molecule is O=C(NC1CC(=O)N(Cc2ccccc2-c2ccc([C@@H]3O[C@H](CN4CCC[C@H]4CN4CCCC4)C[C@H](c4ccc(CO)cc4)O3)cc2)C1=O)OCc1ccccc1. The van der Waals surface area contributed by atoms with Crippen LogP contribution in [0.4, 0.5) is 4.79 Å². The van der Waals surface area contributed by atoms with Crippen molar-refractivity contribution in [2.24, 2.45) is 0 Å². The van der Waals surface area contributed by atoms with E-state index in [9.17, 15) is 19.5 Å². The summed E-state index contributed by atoms with van der Waals surface area (Å²) in [5.74, 6) is -0.809. The maximum Gasteiger partial charge on any atom is 0.408 e. The van der Waals surface area contributed by atoms with Crippen molar-refractivity contribution in [3.63, 3.8) is 0 Å². The molecule has 0 radical (unpaired) electrons. The predicted octanol–water partition coefficient (Wildman–Crippen LogP) is 6.51. The van der Waals surface area contributed by atoms with Crippen LogP contribution in [-0.4, -0.2) is 88.6 Å². The molecule has 57 heavy (non-hydrogen) atoms. The number of aliphatic hydroxyl groups excluding tert-OH is 1. The maximum absolute atomic E-state index is 13.4. The number of imide groups is 1. The summed E-state index contributed by atoms with van der Waals surface area (Å²) in [6.07, 6.45) is 4.14. The van der Waals surface area contributed by atoms with E-state index in [0.29, 0.717) is 6.04 Å². The van der Waals surface area contributed by atoms with Gasteiger partial charge in [0.1, 0.15) is 12.6 Å². The fourth-order valence-corrected chi connectivity index (χ4v) is 8.70. The molecule has 5 atom stereocenters. The molecule has 4 aliphatic heterocycles. The fraction of sp³-hybridized carbons (Fsp3) is 0.413. The molecule has 1 unspecified atom stereocenters. The molecule has 298 valence electrons. The lowest BCUT2D eigenvalue weighted by molar-refractivity contribution is -0.253. The van der Waals surface area contributed by atoms with Crippen LogP contribution in [0.2, 0.25) is 0 Å². The van der Waals surface area contributed by atoms with Crippen LogP contribution >= 0.6 is 0 Å². The van der Waals surface area contributed by atoms with Crippen molar-refractivity contribution in [2.45, 2.75) is 88.9 Å². The van der Waals surface area contributed by atoms with Gasteiger partial charge in [0.2, 0.25) is 5.91 Å². The number of carbonyl (C=O) groups is 3. The zero-order valence-electron chi connectivity index (χ0n) is 32.3. The quantitative estimate of drug-likeness (QED) is 0.147. The van der Waals surface area contributed by atoms with E-state index in [0.717, 1.165) is 65.0 Å². The molecule has 4 aromatic rings. The summed E-state index contributed by atoms with van der Waals surface area (Å²) in [6, 6.07) is 32.7. The zero-order valence-corrected chi connectivity index (χ0v) is 32.3. The van der Waals surface area contributed by atoms with Crippen LogP contribution in [-0.2, 0) is 43.6 Å².